The number of rotatable bonds is 22. The molecule has 0 aliphatic rings. The number of Topliss-reactive ketones (excluding diaryl/α,β-unsaturated/α-hetero) is 1. The number of ketones is 1. The van der Waals surface area contributed by atoms with Crippen molar-refractivity contribution in [3.63, 3.8) is 0 Å². The van der Waals surface area contributed by atoms with Gasteiger partial charge in [-0.2, -0.15) is 29.5 Å². The zero-order valence-corrected chi connectivity index (χ0v) is 58.4. The molecule has 1 aromatic heterocycles. The summed E-state index contributed by atoms with van der Waals surface area (Å²) in [5.74, 6) is -4.90. The van der Waals surface area contributed by atoms with E-state index in [9.17, 15) is 80.3 Å². The Balaban J connectivity index is 0.00000656. The van der Waals surface area contributed by atoms with E-state index in [2.05, 4.69) is 59.6 Å². The van der Waals surface area contributed by atoms with E-state index in [0.29, 0.717) is 0 Å². The van der Waals surface area contributed by atoms with E-state index in [-0.39, 0.29) is 194 Å². The number of aromatic nitrogens is 3. The van der Waals surface area contributed by atoms with Crippen LogP contribution in [-0.2, 0) is 73.7 Å². The van der Waals surface area contributed by atoms with E-state index >= 15 is 0 Å². The fourth-order valence-corrected chi connectivity index (χ4v) is 10.5. The summed E-state index contributed by atoms with van der Waals surface area (Å²) in [5, 5.41) is 45.9. The van der Waals surface area contributed by atoms with Gasteiger partial charge in [-0.15, -0.1) is 10.2 Å². The second kappa shape index (κ2) is 32.4. The molecule has 0 aliphatic carbocycles. The molecule has 81 heavy (non-hydrogen) atoms. The van der Waals surface area contributed by atoms with Crippen molar-refractivity contribution >= 4 is 154 Å². The molecule has 1 unspecified atom stereocenters. The number of amides is 1. The van der Waals surface area contributed by atoms with Gasteiger partial charge in [0.25, 0.3) is 5.91 Å². The maximum absolute atomic E-state index is 13.4. The summed E-state index contributed by atoms with van der Waals surface area (Å²) in [4.78, 5) is 34.0. The quantitative estimate of drug-likeness (QED) is 0.00716. The summed E-state index contributed by atoms with van der Waals surface area (Å²) in [6.45, 7) is -0.0619. The molecule has 4 N–H and O–H groups in total. The van der Waals surface area contributed by atoms with Gasteiger partial charge in [-0.05, 0) is 97.4 Å². The maximum Gasteiger partial charge on any atom is 1.00 e. The van der Waals surface area contributed by atoms with E-state index in [4.69, 9.17) is 23.2 Å². The van der Waals surface area contributed by atoms with Crippen LogP contribution in [0.2, 0.25) is 10.3 Å². The van der Waals surface area contributed by atoms with Crippen LogP contribution in [0.3, 0.4) is 0 Å². The van der Waals surface area contributed by atoms with Crippen LogP contribution in [0.1, 0.15) is 6.92 Å². The van der Waals surface area contributed by atoms with Crippen molar-refractivity contribution in [3.05, 3.63) is 89.2 Å². The second-order valence-corrected chi connectivity index (χ2v) is 23.2. The van der Waals surface area contributed by atoms with Crippen LogP contribution in [0, 0.1) is 0 Å². The van der Waals surface area contributed by atoms with Crippen molar-refractivity contribution < 1.29 is 242 Å². The molecular formula is C37H25Cl2N10Na5O21S6. The molecule has 1 atom stereocenters. The van der Waals surface area contributed by atoms with Crippen molar-refractivity contribution in [2.75, 3.05) is 28.3 Å². The van der Waals surface area contributed by atoms with Gasteiger partial charge >= 0.3 is 148 Å². The number of sulfone groups is 1. The first-order valence-electron chi connectivity index (χ1n) is 19.6. The Morgan fingerprint density at radius 3 is 1.83 bits per heavy atom. The van der Waals surface area contributed by atoms with Gasteiger partial charge in [-0.3, -0.25) is 18.8 Å². The van der Waals surface area contributed by atoms with Crippen LogP contribution in [0.25, 0.3) is 10.8 Å². The number of fused-ring (bicyclic) bond motifs is 1. The SMILES string of the molecule is CC(=O)C(N=Nc1ccc(S(=O)(=O)[O-])cc1Cl)C(=O)Nc1ccc2c(O)c(N=Nc3cc(Nc4nc(Cl)nc(Nc5ccc(S(=O)(=O)CCOS(=O)(=O)[O-])cc5)n4)ccc3S(=O)(=O)[O-])c(SOO[O-])cc2c1S(=O)(=O)[O-].[Na+].[Na+].[Na+].[Na+].[Na+]. The number of aromatic hydroxyl groups is 1. The van der Waals surface area contributed by atoms with Crippen LogP contribution in [0.5, 0.6) is 5.75 Å². The number of anilines is 5. The first kappa shape index (κ1) is 77.5. The molecule has 1 heterocycles. The molecule has 0 radical (unpaired) electrons. The first-order valence-corrected chi connectivity index (χ1v) is 28.3. The largest absolute Gasteiger partial charge is 1.00 e. The number of nitrogens with zero attached hydrogens (tertiary/aromatic N) is 7. The molecule has 0 saturated heterocycles. The van der Waals surface area contributed by atoms with Gasteiger partial charge < -0.3 is 44.5 Å². The van der Waals surface area contributed by atoms with Crippen LogP contribution in [0.15, 0.2) is 124 Å². The zero-order chi connectivity index (χ0) is 56.1. The summed E-state index contributed by atoms with van der Waals surface area (Å²) < 4.78 is 175. The Labute approximate surface area is 583 Å². The predicted octanol–water partition coefficient (Wildman–Crippen LogP) is -11.2. The van der Waals surface area contributed by atoms with Gasteiger partial charge in [0.2, 0.25) is 33.6 Å². The number of phenols is 1. The minimum atomic E-state index is -5.72. The Morgan fingerprint density at radius 1 is 0.691 bits per heavy atom. The van der Waals surface area contributed by atoms with E-state index in [1.807, 2.05) is 5.32 Å². The number of carbonyl (C=O) groups is 2. The monoisotopic (exact) mass is 1320 g/mol. The molecule has 0 spiro atoms. The van der Waals surface area contributed by atoms with Gasteiger partial charge in [0.15, 0.2) is 21.4 Å². The minimum absolute atomic E-state index is 0. The molecule has 44 heteroatoms. The third-order valence-corrected chi connectivity index (χ3v) is 15.3. The normalized spacial score (nSPS) is 12.2. The number of benzene rings is 5. The number of nitrogens with one attached hydrogen (secondary N) is 3. The van der Waals surface area contributed by atoms with Crippen LogP contribution >= 0.6 is 35.2 Å². The van der Waals surface area contributed by atoms with Crippen molar-refractivity contribution in [1.29, 1.82) is 0 Å². The summed E-state index contributed by atoms with van der Waals surface area (Å²) >= 11 is 12.0. The average molecular weight is 1320 g/mol. The second-order valence-electron chi connectivity index (χ2n) is 14.5. The molecule has 5 aromatic carbocycles. The minimum Gasteiger partial charge on any atom is -0.744 e. The van der Waals surface area contributed by atoms with Crippen molar-refractivity contribution in [2.24, 2.45) is 20.5 Å². The van der Waals surface area contributed by atoms with Crippen LogP contribution in [-0.4, -0.2) is 110 Å². The Morgan fingerprint density at radius 2 is 1.28 bits per heavy atom. The predicted molar refractivity (Wildman–Crippen MR) is 253 cm³/mol. The molecule has 0 aliphatic heterocycles. The number of phenolic OH excluding ortho intramolecular Hbond substituents is 1. The summed E-state index contributed by atoms with van der Waals surface area (Å²) in [6, 6.07) is 10.3. The summed E-state index contributed by atoms with van der Waals surface area (Å²) in [6.07, 6.45) is 0. The molecular weight excluding hydrogens is 1300 g/mol. The molecule has 1 amide bonds. The molecule has 6 aromatic rings. The Hall–Kier alpha value is -1.53. The maximum atomic E-state index is 13.4. The fourth-order valence-electron chi connectivity index (χ4n) is 6.15. The van der Waals surface area contributed by atoms with Gasteiger partial charge in [0.1, 0.15) is 47.4 Å². The number of carbonyl (C=O) groups excluding carboxylic acids is 2. The van der Waals surface area contributed by atoms with E-state index in [1.54, 1.807) is 0 Å². The summed E-state index contributed by atoms with van der Waals surface area (Å²) in [5.41, 5.74) is -2.58. The fraction of sp³-hybridized carbons (Fsp3) is 0.108. The van der Waals surface area contributed by atoms with Crippen molar-refractivity contribution in [3.8, 4) is 5.75 Å². The molecule has 31 nitrogen and oxygen atoms in total. The van der Waals surface area contributed by atoms with E-state index in [0.717, 1.165) is 73.7 Å². The zero-order valence-electron chi connectivity index (χ0n) is 41.9. The molecule has 0 fully saturated rings. The van der Waals surface area contributed by atoms with Gasteiger partial charge in [-0.25, -0.2) is 42.1 Å². The summed E-state index contributed by atoms with van der Waals surface area (Å²) in [7, 11) is -25.3. The van der Waals surface area contributed by atoms with Gasteiger partial charge in [0.05, 0.1) is 59.6 Å². The number of azo groups is 2. The Kier molecular flexibility index (Phi) is 31.0. The smallest absolute Gasteiger partial charge is 0.744 e. The molecule has 0 bridgehead atoms. The van der Waals surface area contributed by atoms with E-state index < -0.39 is 144 Å². The Bertz CT molecular complexity index is 3980. The topological polar surface area (TPSA) is 492 Å². The first-order chi connectivity index (χ1) is 35.3. The molecule has 0 saturated carbocycles. The van der Waals surface area contributed by atoms with Crippen LogP contribution in [0.4, 0.5) is 46.0 Å². The molecule has 6 rings (SSSR count). The number of hydrogen-bond acceptors (Lipinski definition) is 31. The average Bonchev–Trinajstić information content (AvgIpc) is 3.29. The molecule has 404 valence electrons. The van der Waals surface area contributed by atoms with E-state index in [1.165, 1.54) is 12.1 Å². The van der Waals surface area contributed by atoms with Crippen molar-refractivity contribution in [1.82, 2.24) is 15.0 Å². The van der Waals surface area contributed by atoms with Gasteiger partial charge in [-0.1, -0.05) is 11.6 Å². The van der Waals surface area contributed by atoms with Gasteiger partial charge in [0, 0.05) is 22.1 Å². The third kappa shape index (κ3) is 21.7. The third-order valence-electron chi connectivity index (χ3n) is 9.37. The number of halogens is 2. The standard InChI is InChI=1S/C37H30Cl2N10O21S6.5Na/c1-17(50)30(48-46-25-9-7-21(15-24(25)38)73(56,57)58)34(52)42-26-10-8-22-23(33(26)75(62,63)64)16-28(71-70-69-53)31(32(22)51)49-47-27-14-19(4-11-29(27)74(59,60)61)41-37-44-35(39)43-36(45-37)40-18-2-5-20(6-3-18)72(54,55)13-12-68-76(65,66)67;;;;;/h2-11,14-16,30,51,53H,12-13H2,1H3,(H,42,52)(H,56,57,58)(H,59,60,61)(H,62,63,64)(H,65,66,67)(H2,40,41,43,44,45);;;;;/q;5*+1/p-5. The van der Waals surface area contributed by atoms with Crippen molar-refractivity contribution in [2.45, 2.75) is 37.4 Å². The van der Waals surface area contributed by atoms with Crippen LogP contribution < -0.4 is 169 Å². The number of hydrogen-bond donors (Lipinski definition) is 4.